The number of methoxy groups -OCH3 is 1. The molecule has 4 aromatic rings. The number of benzene rings is 2. The second-order valence-corrected chi connectivity index (χ2v) is 13.8. The smallest absolute Gasteiger partial charge is 0.352 e. The lowest BCUT2D eigenvalue weighted by molar-refractivity contribution is -0.192. The van der Waals surface area contributed by atoms with Crippen molar-refractivity contribution in [1.29, 1.82) is 0 Å². The van der Waals surface area contributed by atoms with Gasteiger partial charge in [-0.2, -0.15) is 0 Å². The molecule has 20 nitrogen and oxygen atoms in total. The minimum atomic E-state index is -2.08. The molecule has 2 aliphatic heterocycles. The molecule has 1 saturated heterocycles. The Hall–Kier alpha value is -6.26. The Morgan fingerprint density at radius 3 is 2.42 bits per heavy atom. The number of hydrogen-bond donors (Lipinski definition) is 4. The van der Waals surface area contributed by atoms with Crippen molar-refractivity contribution >= 4 is 70.1 Å². The van der Waals surface area contributed by atoms with Gasteiger partial charge in [0, 0.05) is 39.5 Å². The number of phenolic OH excluding ortho intramolecular Hbond substituents is 1. The maximum Gasteiger partial charge on any atom is 0.352 e. The minimum Gasteiger partial charge on any atom is -0.508 e. The number of aromatic nitrogens is 4. The van der Waals surface area contributed by atoms with E-state index in [-0.39, 0.29) is 51.0 Å². The van der Waals surface area contributed by atoms with Crippen LogP contribution in [0.25, 0.3) is 11.0 Å². The zero-order valence-corrected chi connectivity index (χ0v) is 30.7. The van der Waals surface area contributed by atoms with Gasteiger partial charge >= 0.3 is 17.9 Å². The van der Waals surface area contributed by atoms with Crippen LogP contribution in [0.1, 0.15) is 35.8 Å². The zero-order chi connectivity index (χ0) is 39.8. The van der Waals surface area contributed by atoms with Gasteiger partial charge in [0.15, 0.2) is 11.3 Å². The second-order valence-electron chi connectivity index (χ2n) is 11.8. The maximum atomic E-state index is 14.1. The number of tetrazole rings is 1. The van der Waals surface area contributed by atoms with Gasteiger partial charge in [-0.05, 0) is 45.8 Å². The molecule has 0 saturated carbocycles. The van der Waals surface area contributed by atoms with Gasteiger partial charge in [-0.1, -0.05) is 23.9 Å². The number of aryl methyl sites for hydroxylation is 1. The molecule has 3 amide bonds. The van der Waals surface area contributed by atoms with E-state index in [9.17, 15) is 43.8 Å². The predicted molar refractivity (Wildman–Crippen MR) is 189 cm³/mol. The molecule has 1 unspecified atom stereocenters. The van der Waals surface area contributed by atoms with Crippen molar-refractivity contribution in [3.8, 4) is 17.2 Å². The topological polar surface area (TPSA) is 272 Å². The monoisotopic (exact) mass is 795 g/mol. The summed E-state index contributed by atoms with van der Waals surface area (Å²) in [7, 11) is 2.77. The van der Waals surface area contributed by atoms with Crippen LogP contribution in [-0.2, 0) is 35.8 Å². The first-order valence-electron chi connectivity index (χ1n) is 15.8. The summed E-state index contributed by atoms with van der Waals surface area (Å²) < 4.78 is 22.7. The fourth-order valence-corrected chi connectivity index (χ4v) is 8.20. The maximum absolute atomic E-state index is 14.1. The highest BCUT2D eigenvalue weighted by atomic mass is 32.2. The number of nitrogens with one attached hydrogen (secondary N) is 2. The first-order chi connectivity index (χ1) is 26.2. The molecule has 2 aliphatic rings. The molecule has 2 aromatic carbocycles. The molecule has 1 fully saturated rings. The first-order valence-corrected chi connectivity index (χ1v) is 17.9. The minimum absolute atomic E-state index is 0.104. The van der Waals surface area contributed by atoms with E-state index in [0.717, 1.165) is 43.9 Å². The van der Waals surface area contributed by atoms with Gasteiger partial charge < -0.3 is 39.5 Å². The van der Waals surface area contributed by atoms with Crippen LogP contribution in [0.5, 0.6) is 17.2 Å². The van der Waals surface area contributed by atoms with Gasteiger partial charge in [-0.3, -0.25) is 33.7 Å². The Morgan fingerprint density at radius 2 is 1.80 bits per heavy atom. The summed E-state index contributed by atoms with van der Waals surface area (Å²) in [5.41, 5.74) is -3.69. The van der Waals surface area contributed by atoms with E-state index in [2.05, 4.69) is 26.2 Å². The van der Waals surface area contributed by atoms with Crippen molar-refractivity contribution in [3.63, 3.8) is 0 Å². The number of ether oxygens (including phenoxy) is 3. The normalized spacial score (nSPS) is 18.2. The number of carbonyl (C=O) groups is 6. The average molecular weight is 796 g/mol. The Balaban J connectivity index is 1.29. The lowest BCUT2D eigenvalue weighted by Gasteiger charge is -2.56. The molecule has 0 bridgehead atoms. The number of carbonyl (C=O) groups excluding carboxylic acids is 5. The van der Waals surface area contributed by atoms with Crippen molar-refractivity contribution in [2.24, 2.45) is 7.05 Å². The van der Waals surface area contributed by atoms with E-state index in [1.807, 2.05) is 0 Å². The molecular weight excluding hydrogens is 767 g/mol. The number of rotatable bonds is 12. The van der Waals surface area contributed by atoms with Gasteiger partial charge in [-0.25, -0.2) is 9.48 Å². The molecule has 0 spiro atoms. The number of nitrogens with zero attached hydrogens (tertiary/aromatic N) is 5. The number of phenols is 1. The van der Waals surface area contributed by atoms with Crippen LogP contribution in [0.2, 0.25) is 0 Å². The van der Waals surface area contributed by atoms with Gasteiger partial charge in [0.05, 0.1) is 5.39 Å². The van der Waals surface area contributed by atoms with Gasteiger partial charge in [0.2, 0.25) is 22.2 Å². The number of β-lactam (4-membered cyclic amide) rings is 1. The van der Waals surface area contributed by atoms with Gasteiger partial charge in [-0.15, -0.1) is 16.9 Å². The van der Waals surface area contributed by atoms with E-state index in [1.54, 1.807) is 7.05 Å². The molecule has 2 aromatic heterocycles. The summed E-state index contributed by atoms with van der Waals surface area (Å²) >= 11 is 2.30. The molecule has 4 heterocycles. The molecule has 286 valence electrons. The molecule has 55 heavy (non-hydrogen) atoms. The third-order valence-electron chi connectivity index (χ3n) is 8.27. The summed E-state index contributed by atoms with van der Waals surface area (Å²) in [6, 6.07) is 5.83. The number of fused-ring (bicyclic) bond motifs is 2. The van der Waals surface area contributed by atoms with Crippen molar-refractivity contribution in [2.75, 3.05) is 18.6 Å². The van der Waals surface area contributed by atoms with E-state index < -0.39 is 63.8 Å². The van der Waals surface area contributed by atoms with Crippen molar-refractivity contribution in [2.45, 2.75) is 36.1 Å². The molecule has 0 radical (unpaired) electrons. The fraction of sp³-hybridized carbons (Fsp3) is 0.273. The summed E-state index contributed by atoms with van der Waals surface area (Å²) in [5.74, 6) is -6.49. The van der Waals surface area contributed by atoms with Crippen LogP contribution in [0.15, 0.2) is 68.3 Å². The first kappa shape index (κ1) is 38.5. The summed E-state index contributed by atoms with van der Waals surface area (Å²) in [6.07, 6.45) is 0.759. The fourth-order valence-electron chi connectivity index (χ4n) is 5.77. The Bertz CT molecular complexity index is 2360. The van der Waals surface area contributed by atoms with Gasteiger partial charge in [0.1, 0.15) is 34.7 Å². The Kier molecular flexibility index (Phi) is 10.7. The molecule has 3 atom stereocenters. The van der Waals surface area contributed by atoms with Crippen molar-refractivity contribution < 1.29 is 57.6 Å². The molecule has 22 heteroatoms. The van der Waals surface area contributed by atoms with Crippen LogP contribution in [0.4, 0.5) is 0 Å². The van der Waals surface area contributed by atoms with Crippen LogP contribution in [-0.4, -0.2) is 101 Å². The number of hydrogen-bond acceptors (Lipinski definition) is 17. The average Bonchev–Trinajstić information content (AvgIpc) is 3.56. The van der Waals surface area contributed by atoms with Crippen LogP contribution in [0.3, 0.4) is 0 Å². The second kappa shape index (κ2) is 15.2. The number of aliphatic carboxylic acids is 1. The SMILES string of the molecule is CO[C@@]1(NC(=O)C(NC(=O)c2coc3c(OC(C)=O)c(OC(C)=O)ccc3c2=O)c2ccc(O)cc2)C(=O)N2C(C(=O)O)=C(CSc3nnnn3C)CS[C@H]21. The Labute approximate surface area is 317 Å². The highest BCUT2D eigenvalue weighted by Crippen LogP contribution is 2.47. The molecule has 6 rings (SSSR count). The summed E-state index contributed by atoms with van der Waals surface area (Å²) in [5, 5.41) is 35.4. The van der Waals surface area contributed by atoms with Gasteiger partial charge in [0.25, 0.3) is 17.5 Å². The van der Waals surface area contributed by atoms with Crippen LogP contribution < -0.4 is 25.5 Å². The van der Waals surface area contributed by atoms with E-state index in [4.69, 9.17) is 18.6 Å². The number of thioether (sulfide) groups is 2. The summed E-state index contributed by atoms with van der Waals surface area (Å²) in [4.78, 5) is 92.2. The number of esters is 2. The highest BCUT2D eigenvalue weighted by molar-refractivity contribution is 8.01. The number of aromatic hydroxyl groups is 1. The quantitative estimate of drug-likeness (QED) is 0.0509. The lowest BCUT2D eigenvalue weighted by atomic mass is 9.96. The number of carboxylic acid groups (broad SMARTS) is 1. The number of carboxylic acids is 1. The van der Waals surface area contributed by atoms with E-state index in [0.29, 0.717) is 10.7 Å². The zero-order valence-electron chi connectivity index (χ0n) is 29.0. The Morgan fingerprint density at radius 1 is 1.09 bits per heavy atom. The third-order valence-corrected chi connectivity index (χ3v) is 10.7. The number of amides is 3. The van der Waals surface area contributed by atoms with Crippen LogP contribution in [0, 0.1) is 0 Å². The largest absolute Gasteiger partial charge is 0.508 e. The third kappa shape index (κ3) is 7.20. The molecular formula is C33H29N7O13S2. The standard InChI is InChI=1S/C33H29N7O13S2/c1-14(41)52-21-10-9-19-24(44)20(11-51-25(19)26(21)53-15(2)42)27(45)34-22(16-5-7-18(43)8-6-16)28(46)35-33(50-4)30(49)40-23(29(47)48)17(12-54-31(33)40)13-55-32-36-37-38-39(32)3/h5-11,22,31,43H,12-13H2,1-4H3,(H,34,45)(H,35,46)(H,47,48)/t22?,31-,33-/m0/s1. The molecule has 4 N–H and O–H groups in total. The summed E-state index contributed by atoms with van der Waals surface area (Å²) in [6.45, 7) is 2.17. The van der Waals surface area contributed by atoms with Crippen molar-refractivity contribution in [1.82, 2.24) is 35.7 Å². The highest BCUT2D eigenvalue weighted by Gasteiger charge is 2.67. The predicted octanol–water partition coefficient (Wildman–Crippen LogP) is 0.849. The lowest BCUT2D eigenvalue weighted by Crippen LogP contribution is -2.81. The van der Waals surface area contributed by atoms with Crippen molar-refractivity contribution in [3.05, 3.63) is 75.3 Å². The van der Waals surface area contributed by atoms with Crippen LogP contribution >= 0.6 is 23.5 Å². The van der Waals surface area contributed by atoms with E-state index >= 15 is 0 Å². The molecule has 0 aliphatic carbocycles. The van der Waals surface area contributed by atoms with E-state index in [1.165, 1.54) is 52.8 Å².